The number of hydrogen-bond donors (Lipinski definition) is 0. The molecule has 1 amide bonds. The normalized spacial score (nSPS) is 23.9. The molecule has 1 unspecified atom stereocenters. The van der Waals surface area contributed by atoms with Crippen molar-refractivity contribution in [3.8, 4) is 0 Å². The first-order valence-electron chi connectivity index (χ1n) is 7.78. The zero-order valence-electron chi connectivity index (χ0n) is 11.9. The summed E-state index contributed by atoms with van der Waals surface area (Å²) in [7, 11) is 0. The maximum Gasteiger partial charge on any atom is 0.252 e. The standard InChI is InChI=1S/C16H23NO3/c18-16(15-7-4-9-20-15)17(11-13-8-10-19-12-13)14-5-2-1-3-6-14/h8,10,12,14-15H,1-7,9,11H2. The van der Waals surface area contributed by atoms with E-state index in [1.165, 1.54) is 19.3 Å². The van der Waals surface area contributed by atoms with Crippen molar-refractivity contribution >= 4 is 5.91 Å². The van der Waals surface area contributed by atoms with Crippen molar-refractivity contribution in [3.63, 3.8) is 0 Å². The fourth-order valence-electron chi connectivity index (χ4n) is 3.32. The molecule has 1 aromatic heterocycles. The van der Waals surface area contributed by atoms with Crippen LogP contribution in [-0.4, -0.2) is 29.6 Å². The highest BCUT2D eigenvalue weighted by molar-refractivity contribution is 5.81. The first-order valence-corrected chi connectivity index (χ1v) is 7.78. The molecule has 4 nitrogen and oxygen atoms in total. The van der Waals surface area contributed by atoms with E-state index in [9.17, 15) is 4.79 Å². The van der Waals surface area contributed by atoms with E-state index in [1.54, 1.807) is 12.5 Å². The predicted octanol–water partition coefficient (Wildman–Crippen LogP) is 3.12. The maximum absolute atomic E-state index is 12.7. The molecule has 2 aliphatic rings. The SMILES string of the molecule is O=C(C1CCCO1)N(Cc1ccoc1)C1CCCCC1. The van der Waals surface area contributed by atoms with E-state index in [1.807, 2.05) is 11.0 Å². The summed E-state index contributed by atoms with van der Waals surface area (Å²) in [6.07, 6.45) is 11.1. The first-order chi connectivity index (χ1) is 9.84. The highest BCUT2D eigenvalue weighted by Gasteiger charge is 2.33. The topological polar surface area (TPSA) is 42.7 Å². The van der Waals surface area contributed by atoms with Crippen LogP contribution < -0.4 is 0 Å². The molecule has 1 atom stereocenters. The molecule has 0 N–H and O–H groups in total. The number of carbonyl (C=O) groups excluding carboxylic acids is 1. The third-order valence-corrected chi connectivity index (χ3v) is 4.44. The van der Waals surface area contributed by atoms with Gasteiger partial charge in [-0.3, -0.25) is 4.79 Å². The third-order valence-electron chi connectivity index (χ3n) is 4.44. The van der Waals surface area contributed by atoms with Gasteiger partial charge in [0, 0.05) is 24.8 Å². The first kappa shape index (κ1) is 13.7. The second-order valence-corrected chi connectivity index (χ2v) is 5.89. The minimum absolute atomic E-state index is 0.176. The molecular weight excluding hydrogens is 254 g/mol. The van der Waals surface area contributed by atoms with Gasteiger partial charge in [-0.1, -0.05) is 19.3 Å². The van der Waals surface area contributed by atoms with Crippen LogP contribution in [0.4, 0.5) is 0 Å². The minimum atomic E-state index is -0.219. The Morgan fingerprint density at radius 3 is 2.70 bits per heavy atom. The lowest BCUT2D eigenvalue weighted by molar-refractivity contribution is -0.144. The fraction of sp³-hybridized carbons (Fsp3) is 0.688. The van der Waals surface area contributed by atoms with Gasteiger partial charge in [0.2, 0.25) is 0 Å². The molecule has 0 aromatic carbocycles. The summed E-state index contributed by atoms with van der Waals surface area (Å²) < 4.78 is 10.7. The number of rotatable bonds is 4. The molecule has 1 aromatic rings. The van der Waals surface area contributed by atoms with Crippen molar-refractivity contribution in [3.05, 3.63) is 24.2 Å². The summed E-state index contributed by atoms with van der Waals surface area (Å²) in [4.78, 5) is 14.8. The van der Waals surface area contributed by atoms with Gasteiger partial charge in [-0.15, -0.1) is 0 Å². The second-order valence-electron chi connectivity index (χ2n) is 5.89. The van der Waals surface area contributed by atoms with Gasteiger partial charge in [-0.25, -0.2) is 0 Å². The molecule has 4 heteroatoms. The Morgan fingerprint density at radius 2 is 2.05 bits per heavy atom. The molecule has 20 heavy (non-hydrogen) atoms. The largest absolute Gasteiger partial charge is 0.472 e. The Labute approximate surface area is 120 Å². The Kier molecular flexibility index (Phi) is 4.41. The molecule has 0 bridgehead atoms. The Hall–Kier alpha value is -1.29. The molecule has 1 aliphatic heterocycles. The molecule has 1 aliphatic carbocycles. The van der Waals surface area contributed by atoms with Gasteiger partial charge >= 0.3 is 0 Å². The van der Waals surface area contributed by atoms with Gasteiger partial charge in [0.1, 0.15) is 6.10 Å². The van der Waals surface area contributed by atoms with Gasteiger partial charge in [0.15, 0.2) is 0 Å². The number of furan rings is 1. The van der Waals surface area contributed by atoms with E-state index in [2.05, 4.69) is 0 Å². The minimum Gasteiger partial charge on any atom is -0.472 e. The quantitative estimate of drug-likeness (QED) is 0.849. The van der Waals surface area contributed by atoms with Crippen LogP contribution in [0.2, 0.25) is 0 Å². The highest BCUT2D eigenvalue weighted by atomic mass is 16.5. The van der Waals surface area contributed by atoms with Crippen LogP contribution in [-0.2, 0) is 16.1 Å². The van der Waals surface area contributed by atoms with Crippen LogP contribution in [0.25, 0.3) is 0 Å². The van der Waals surface area contributed by atoms with Crippen LogP contribution in [0, 0.1) is 0 Å². The second kappa shape index (κ2) is 6.44. The van der Waals surface area contributed by atoms with Crippen LogP contribution in [0.5, 0.6) is 0 Å². The highest BCUT2D eigenvalue weighted by Crippen LogP contribution is 2.26. The smallest absolute Gasteiger partial charge is 0.252 e. The van der Waals surface area contributed by atoms with E-state index in [0.717, 1.165) is 37.9 Å². The Balaban J connectivity index is 1.72. The van der Waals surface area contributed by atoms with E-state index >= 15 is 0 Å². The van der Waals surface area contributed by atoms with Crippen molar-refractivity contribution in [1.82, 2.24) is 4.90 Å². The van der Waals surface area contributed by atoms with Gasteiger partial charge in [-0.05, 0) is 31.7 Å². The molecule has 110 valence electrons. The zero-order chi connectivity index (χ0) is 13.8. The van der Waals surface area contributed by atoms with Crippen LogP contribution in [0.3, 0.4) is 0 Å². The lowest BCUT2D eigenvalue weighted by Crippen LogP contribution is -2.45. The van der Waals surface area contributed by atoms with Gasteiger partial charge < -0.3 is 14.1 Å². The summed E-state index contributed by atoms with van der Waals surface area (Å²) in [6.45, 7) is 1.38. The predicted molar refractivity (Wildman–Crippen MR) is 75.1 cm³/mol. The zero-order valence-corrected chi connectivity index (χ0v) is 11.9. The summed E-state index contributed by atoms with van der Waals surface area (Å²) in [5.41, 5.74) is 1.07. The van der Waals surface area contributed by atoms with Crippen LogP contribution in [0.15, 0.2) is 23.0 Å². The van der Waals surface area contributed by atoms with Crippen molar-refractivity contribution in [1.29, 1.82) is 0 Å². The monoisotopic (exact) mass is 277 g/mol. The number of ether oxygens (including phenoxy) is 1. The Morgan fingerprint density at radius 1 is 1.20 bits per heavy atom. The fourth-order valence-corrected chi connectivity index (χ4v) is 3.32. The average Bonchev–Trinajstić information content (AvgIpc) is 3.18. The molecule has 2 fully saturated rings. The van der Waals surface area contributed by atoms with Gasteiger partial charge in [0.05, 0.1) is 12.5 Å². The molecule has 1 saturated heterocycles. The lowest BCUT2D eigenvalue weighted by atomic mass is 9.93. The maximum atomic E-state index is 12.7. The van der Waals surface area contributed by atoms with E-state index in [0.29, 0.717) is 12.6 Å². The molecule has 3 rings (SSSR count). The van der Waals surface area contributed by atoms with Crippen molar-refractivity contribution < 1.29 is 13.9 Å². The Bertz CT molecular complexity index is 417. The molecule has 2 heterocycles. The summed E-state index contributed by atoms with van der Waals surface area (Å²) >= 11 is 0. The lowest BCUT2D eigenvalue weighted by Gasteiger charge is -2.35. The summed E-state index contributed by atoms with van der Waals surface area (Å²) in [5, 5.41) is 0. The number of nitrogens with zero attached hydrogens (tertiary/aromatic N) is 1. The van der Waals surface area contributed by atoms with Crippen molar-refractivity contribution in [2.24, 2.45) is 0 Å². The molecule has 0 spiro atoms. The molecular formula is C16H23NO3. The van der Waals surface area contributed by atoms with E-state index in [4.69, 9.17) is 9.15 Å². The van der Waals surface area contributed by atoms with Crippen molar-refractivity contribution in [2.75, 3.05) is 6.61 Å². The van der Waals surface area contributed by atoms with E-state index in [-0.39, 0.29) is 12.0 Å². The van der Waals surface area contributed by atoms with Crippen molar-refractivity contribution in [2.45, 2.75) is 63.6 Å². The number of amides is 1. The molecule has 1 saturated carbocycles. The van der Waals surface area contributed by atoms with Crippen LogP contribution >= 0.6 is 0 Å². The van der Waals surface area contributed by atoms with Gasteiger partial charge in [-0.2, -0.15) is 0 Å². The summed E-state index contributed by atoms with van der Waals surface area (Å²) in [6, 6.07) is 2.31. The molecule has 0 radical (unpaired) electrons. The third kappa shape index (κ3) is 3.06. The average molecular weight is 277 g/mol. The number of hydrogen-bond acceptors (Lipinski definition) is 3. The van der Waals surface area contributed by atoms with Gasteiger partial charge in [0.25, 0.3) is 5.91 Å². The van der Waals surface area contributed by atoms with Crippen LogP contribution in [0.1, 0.15) is 50.5 Å². The number of carbonyl (C=O) groups is 1. The van der Waals surface area contributed by atoms with E-state index < -0.39 is 0 Å². The summed E-state index contributed by atoms with van der Waals surface area (Å²) in [5.74, 6) is 0.176.